The van der Waals surface area contributed by atoms with Crippen molar-refractivity contribution in [3.05, 3.63) is 22.2 Å². The number of aliphatic hydroxyl groups is 1. The van der Waals surface area contributed by atoms with Gasteiger partial charge in [0.25, 0.3) is 0 Å². The topological polar surface area (TPSA) is 62.8 Å². The Kier molecular flexibility index (Phi) is 10.2. The van der Waals surface area contributed by atoms with E-state index in [0.717, 1.165) is 54.0 Å². The van der Waals surface area contributed by atoms with Crippen LogP contribution in [0.15, 0.2) is 16.6 Å². The molecule has 22 heavy (non-hydrogen) atoms. The maximum absolute atomic E-state index is 8.69. The molecule has 0 unspecified atom stereocenters. The van der Waals surface area contributed by atoms with E-state index in [1.165, 1.54) is 0 Å². The third-order valence-corrected chi connectivity index (χ3v) is 3.88. The lowest BCUT2D eigenvalue weighted by Crippen LogP contribution is -2.24. The van der Waals surface area contributed by atoms with E-state index in [4.69, 9.17) is 14.6 Å². The van der Waals surface area contributed by atoms with Gasteiger partial charge in [0.15, 0.2) is 11.5 Å². The first-order valence-electron chi connectivity index (χ1n) is 7.75. The number of methoxy groups -OCH3 is 1. The molecule has 6 heteroatoms. The second kappa shape index (κ2) is 11.7. The van der Waals surface area contributed by atoms with Crippen molar-refractivity contribution in [2.45, 2.75) is 26.3 Å². The van der Waals surface area contributed by atoms with Crippen molar-refractivity contribution in [1.29, 1.82) is 0 Å². The number of halogens is 1. The fraction of sp³-hybridized carbons (Fsp3) is 0.625. The molecule has 0 radical (unpaired) electrons. The standard InChI is InChI=1S/C16H27BrN2O3/c1-3-11-22-16-13(14(17)5-6-15(16)21-2)12-19-8-4-7-18-9-10-20/h5-6,18-20H,3-4,7-12H2,1-2H3. The first kappa shape index (κ1) is 19.2. The zero-order chi connectivity index (χ0) is 16.2. The van der Waals surface area contributed by atoms with E-state index < -0.39 is 0 Å². The highest BCUT2D eigenvalue weighted by Gasteiger charge is 2.14. The van der Waals surface area contributed by atoms with E-state index in [1.807, 2.05) is 12.1 Å². The highest BCUT2D eigenvalue weighted by Crippen LogP contribution is 2.36. The van der Waals surface area contributed by atoms with E-state index >= 15 is 0 Å². The van der Waals surface area contributed by atoms with Crippen molar-refractivity contribution in [3.8, 4) is 11.5 Å². The molecule has 0 atom stereocenters. The summed E-state index contributed by atoms with van der Waals surface area (Å²) >= 11 is 3.59. The fourth-order valence-electron chi connectivity index (χ4n) is 2.03. The van der Waals surface area contributed by atoms with E-state index in [1.54, 1.807) is 7.11 Å². The van der Waals surface area contributed by atoms with E-state index in [0.29, 0.717) is 13.2 Å². The van der Waals surface area contributed by atoms with Crippen LogP contribution in [0.3, 0.4) is 0 Å². The van der Waals surface area contributed by atoms with Gasteiger partial charge in [-0.05, 0) is 38.1 Å². The SMILES string of the molecule is CCCOc1c(OC)ccc(Br)c1CNCCCNCCO. The predicted molar refractivity (Wildman–Crippen MR) is 92.8 cm³/mol. The van der Waals surface area contributed by atoms with Gasteiger partial charge in [-0.25, -0.2) is 0 Å². The summed E-state index contributed by atoms with van der Waals surface area (Å²) in [5.41, 5.74) is 1.08. The number of nitrogens with one attached hydrogen (secondary N) is 2. The molecule has 0 bridgehead atoms. The molecular formula is C16H27BrN2O3. The maximum atomic E-state index is 8.69. The molecule has 1 rings (SSSR count). The van der Waals surface area contributed by atoms with Crippen molar-refractivity contribution >= 4 is 15.9 Å². The lowest BCUT2D eigenvalue weighted by molar-refractivity contribution is 0.289. The molecule has 0 aliphatic carbocycles. The van der Waals surface area contributed by atoms with Gasteiger partial charge in [0, 0.05) is 23.1 Å². The molecule has 0 heterocycles. The highest BCUT2D eigenvalue weighted by atomic mass is 79.9. The number of ether oxygens (including phenoxy) is 2. The van der Waals surface area contributed by atoms with E-state index in [-0.39, 0.29) is 6.61 Å². The van der Waals surface area contributed by atoms with Gasteiger partial charge in [0.1, 0.15) is 0 Å². The van der Waals surface area contributed by atoms with Gasteiger partial charge < -0.3 is 25.2 Å². The van der Waals surface area contributed by atoms with Crippen molar-refractivity contribution < 1.29 is 14.6 Å². The predicted octanol–water partition coefficient (Wildman–Crippen LogP) is 2.31. The third-order valence-electron chi connectivity index (χ3n) is 3.14. The second-order valence-corrected chi connectivity index (χ2v) is 5.76. The molecule has 0 fully saturated rings. The molecular weight excluding hydrogens is 348 g/mol. The van der Waals surface area contributed by atoms with Crippen molar-refractivity contribution in [2.75, 3.05) is 40.0 Å². The van der Waals surface area contributed by atoms with Crippen LogP contribution in [0.2, 0.25) is 0 Å². The van der Waals surface area contributed by atoms with E-state index in [2.05, 4.69) is 33.5 Å². The van der Waals surface area contributed by atoms with Gasteiger partial charge in [-0.2, -0.15) is 0 Å². The van der Waals surface area contributed by atoms with Crippen LogP contribution in [0.1, 0.15) is 25.3 Å². The van der Waals surface area contributed by atoms with Crippen molar-refractivity contribution in [1.82, 2.24) is 10.6 Å². The summed E-state index contributed by atoms with van der Waals surface area (Å²) in [6.45, 7) is 6.10. The summed E-state index contributed by atoms with van der Waals surface area (Å²) in [5, 5.41) is 15.3. The number of hydrogen-bond acceptors (Lipinski definition) is 5. The average Bonchev–Trinajstić information content (AvgIpc) is 2.53. The Hall–Kier alpha value is -0.820. The normalized spacial score (nSPS) is 10.7. The summed E-state index contributed by atoms with van der Waals surface area (Å²) in [6.07, 6.45) is 1.96. The van der Waals surface area contributed by atoms with Gasteiger partial charge >= 0.3 is 0 Å². The summed E-state index contributed by atoms with van der Waals surface area (Å²) in [7, 11) is 1.66. The summed E-state index contributed by atoms with van der Waals surface area (Å²) in [5.74, 6) is 1.57. The first-order chi connectivity index (χ1) is 10.7. The minimum Gasteiger partial charge on any atom is -0.493 e. The van der Waals surface area contributed by atoms with Gasteiger partial charge in [-0.15, -0.1) is 0 Å². The molecule has 0 aliphatic heterocycles. The minimum absolute atomic E-state index is 0.183. The van der Waals surface area contributed by atoms with Crippen LogP contribution < -0.4 is 20.1 Å². The smallest absolute Gasteiger partial charge is 0.166 e. The maximum Gasteiger partial charge on any atom is 0.166 e. The minimum atomic E-state index is 0.183. The van der Waals surface area contributed by atoms with Gasteiger partial charge in [0.2, 0.25) is 0 Å². The van der Waals surface area contributed by atoms with Crippen LogP contribution in [0.25, 0.3) is 0 Å². The molecule has 0 spiro atoms. The zero-order valence-electron chi connectivity index (χ0n) is 13.5. The molecule has 0 saturated heterocycles. The fourth-order valence-corrected chi connectivity index (χ4v) is 2.48. The quantitative estimate of drug-likeness (QED) is 0.490. The molecule has 126 valence electrons. The van der Waals surface area contributed by atoms with Gasteiger partial charge in [-0.1, -0.05) is 22.9 Å². The summed E-state index contributed by atoms with van der Waals surface area (Å²) in [6, 6.07) is 3.90. The number of rotatable bonds is 12. The molecule has 5 nitrogen and oxygen atoms in total. The van der Waals surface area contributed by atoms with Crippen LogP contribution in [0.4, 0.5) is 0 Å². The molecule has 0 aromatic heterocycles. The van der Waals surface area contributed by atoms with Crippen LogP contribution in [-0.4, -0.2) is 45.1 Å². The zero-order valence-corrected chi connectivity index (χ0v) is 15.0. The lowest BCUT2D eigenvalue weighted by atomic mass is 10.1. The van der Waals surface area contributed by atoms with Crippen LogP contribution in [0, 0.1) is 0 Å². The third kappa shape index (κ3) is 6.52. The first-order valence-corrected chi connectivity index (χ1v) is 8.54. The van der Waals surface area contributed by atoms with Gasteiger partial charge in [-0.3, -0.25) is 0 Å². The molecule has 0 saturated carbocycles. The number of aliphatic hydroxyl groups excluding tert-OH is 1. The van der Waals surface area contributed by atoms with E-state index in [9.17, 15) is 0 Å². The Morgan fingerprint density at radius 1 is 1.18 bits per heavy atom. The number of benzene rings is 1. The van der Waals surface area contributed by atoms with Crippen LogP contribution >= 0.6 is 15.9 Å². The Bertz CT molecular complexity index is 430. The molecule has 0 aliphatic rings. The summed E-state index contributed by atoms with van der Waals surface area (Å²) < 4.78 is 12.3. The highest BCUT2D eigenvalue weighted by molar-refractivity contribution is 9.10. The molecule has 3 N–H and O–H groups in total. The summed E-state index contributed by atoms with van der Waals surface area (Å²) in [4.78, 5) is 0. The molecule has 1 aromatic carbocycles. The Labute approximate surface area is 141 Å². The van der Waals surface area contributed by atoms with Crippen molar-refractivity contribution in [2.24, 2.45) is 0 Å². The number of hydrogen-bond donors (Lipinski definition) is 3. The monoisotopic (exact) mass is 374 g/mol. The molecule has 1 aromatic rings. The van der Waals surface area contributed by atoms with Gasteiger partial charge in [0.05, 0.1) is 20.3 Å². The largest absolute Gasteiger partial charge is 0.493 e. The Morgan fingerprint density at radius 2 is 1.95 bits per heavy atom. The van der Waals surface area contributed by atoms with Crippen LogP contribution in [-0.2, 0) is 6.54 Å². The van der Waals surface area contributed by atoms with Crippen molar-refractivity contribution in [3.63, 3.8) is 0 Å². The second-order valence-electron chi connectivity index (χ2n) is 4.91. The Morgan fingerprint density at radius 3 is 2.64 bits per heavy atom. The molecule has 0 amide bonds. The Balaban J connectivity index is 2.56. The lowest BCUT2D eigenvalue weighted by Gasteiger charge is -2.17. The van der Waals surface area contributed by atoms with Crippen LogP contribution in [0.5, 0.6) is 11.5 Å². The average molecular weight is 375 g/mol.